The van der Waals surface area contributed by atoms with E-state index in [1.54, 1.807) is 18.2 Å². The van der Waals surface area contributed by atoms with Crippen molar-refractivity contribution in [3.63, 3.8) is 0 Å². The van der Waals surface area contributed by atoms with Gasteiger partial charge in [0.1, 0.15) is 0 Å². The van der Waals surface area contributed by atoms with Gasteiger partial charge in [-0.25, -0.2) is 0 Å². The molecule has 4 atom stereocenters. The minimum atomic E-state index is -1.72. The highest BCUT2D eigenvalue weighted by Crippen LogP contribution is 2.52. The van der Waals surface area contributed by atoms with Crippen LogP contribution in [-0.4, -0.2) is 59.4 Å². The van der Waals surface area contributed by atoms with Gasteiger partial charge in [-0.15, -0.1) is 0 Å². The summed E-state index contributed by atoms with van der Waals surface area (Å²) in [5.74, 6) is -1.58. The first kappa shape index (κ1) is 31.8. The van der Waals surface area contributed by atoms with E-state index in [2.05, 4.69) is 29.5 Å². The second-order valence-corrected chi connectivity index (χ2v) is 12.8. The molecule has 0 radical (unpaired) electrons. The molecule has 0 bridgehead atoms. The number of phenolic OH excluding ortho intramolecular Hbond substituents is 1. The Balaban J connectivity index is 1.42. The molecule has 0 saturated carbocycles. The highest BCUT2D eigenvalue weighted by Gasteiger charge is 2.57. The number of allylic oxidation sites excluding steroid dienone is 2. The molecule has 9 nitrogen and oxygen atoms in total. The number of fused-ring (bicyclic) bond motifs is 3. The van der Waals surface area contributed by atoms with Gasteiger partial charge in [0, 0.05) is 0 Å². The van der Waals surface area contributed by atoms with E-state index in [9.17, 15) is 29.8 Å². The van der Waals surface area contributed by atoms with Crippen molar-refractivity contribution in [1.29, 1.82) is 0 Å². The first-order valence-electron chi connectivity index (χ1n) is 14.7. The van der Waals surface area contributed by atoms with Crippen molar-refractivity contribution in [2.75, 3.05) is 12.0 Å². The third kappa shape index (κ3) is 6.30. The number of hydrogen-bond acceptors (Lipinski definition) is 8. The summed E-state index contributed by atoms with van der Waals surface area (Å²) in [6, 6.07) is 9.88. The number of phenols is 1. The molecule has 4 N–H and O–H groups in total. The number of aromatic hydroxyl groups is 1. The van der Waals surface area contributed by atoms with Gasteiger partial charge in [-0.05, 0) is 108 Å². The van der Waals surface area contributed by atoms with Gasteiger partial charge < -0.3 is 29.6 Å². The number of imide groups is 1. The van der Waals surface area contributed by atoms with E-state index in [-0.39, 0.29) is 41.4 Å². The summed E-state index contributed by atoms with van der Waals surface area (Å²) in [7, 11) is -1.26. The van der Waals surface area contributed by atoms with Crippen LogP contribution in [0.4, 0.5) is 5.69 Å². The molecule has 0 unspecified atom stereocenters. The lowest BCUT2D eigenvalue weighted by molar-refractivity contribution is -0.122. The number of carbonyl (C=O) groups excluding carboxylic acids is 2. The third-order valence-corrected chi connectivity index (χ3v) is 9.59. The summed E-state index contributed by atoms with van der Waals surface area (Å²) in [4.78, 5) is 28.8. The van der Waals surface area contributed by atoms with Gasteiger partial charge >= 0.3 is 14.2 Å². The minimum Gasteiger partial charge on any atom is -0.504 e. The van der Waals surface area contributed by atoms with Crippen LogP contribution in [0.3, 0.4) is 0 Å². The Morgan fingerprint density at radius 3 is 2.67 bits per heavy atom. The minimum absolute atomic E-state index is 0.108. The second-order valence-electron chi connectivity index (χ2n) is 11.6. The van der Waals surface area contributed by atoms with Crippen molar-refractivity contribution in [3.05, 3.63) is 62.3 Å². The van der Waals surface area contributed by atoms with Crippen LogP contribution in [0.5, 0.6) is 11.5 Å². The lowest BCUT2D eigenvalue weighted by Crippen LogP contribution is -2.46. The Morgan fingerprint density at radius 1 is 1.21 bits per heavy atom. The van der Waals surface area contributed by atoms with Crippen LogP contribution in [-0.2, 0) is 14.2 Å². The Kier molecular flexibility index (Phi) is 9.72. The van der Waals surface area contributed by atoms with E-state index in [0.29, 0.717) is 34.3 Å². The zero-order valence-corrected chi connectivity index (χ0v) is 26.7. The van der Waals surface area contributed by atoms with Gasteiger partial charge in [0.2, 0.25) is 11.8 Å². The number of benzene rings is 2. The van der Waals surface area contributed by atoms with E-state index in [0.717, 1.165) is 35.1 Å². The quantitative estimate of drug-likeness (QED) is 0.135. The van der Waals surface area contributed by atoms with E-state index in [1.165, 1.54) is 24.1 Å². The highest BCUT2D eigenvalue weighted by molar-refractivity contribution is 14.1. The third-order valence-electron chi connectivity index (χ3n) is 8.77. The molecule has 3 aliphatic rings. The number of halogens is 1. The van der Waals surface area contributed by atoms with Gasteiger partial charge in [-0.3, -0.25) is 14.5 Å². The van der Waals surface area contributed by atoms with E-state index >= 15 is 0 Å². The van der Waals surface area contributed by atoms with Crippen molar-refractivity contribution in [2.24, 2.45) is 17.8 Å². The molecular formula is C31H36B2INO8. The molecular weight excluding hydrogens is 663 g/mol. The van der Waals surface area contributed by atoms with E-state index in [4.69, 9.17) is 9.39 Å². The summed E-state index contributed by atoms with van der Waals surface area (Å²) < 4.78 is 12.1. The molecule has 43 heavy (non-hydrogen) atoms. The Hall–Kier alpha value is -2.64. The van der Waals surface area contributed by atoms with Crippen molar-refractivity contribution in [3.8, 4) is 11.5 Å². The van der Waals surface area contributed by atoms with Gasteiger partial charge in [-0.2, -0.15) is 0 Å². The average Bonchev–Trinajstić information content (AvgIpc) is 3.22. The van der Waals surface area contributed by atoms with Gasteiger partial charge in [-0.1, -0.05) is 42.7 Å². The number of rotatable bonds is 9. The standard InChI is InChI=1S/C31H36B2INO8/c1-4-6-19-14-22-28(31(38)35(30(22)37)21-8-5-7-20(15-21)33(40)41)23-16-32(39)43-25(27(19)23)10-9-17(2)11-18-12-24(34)29(36)26(13-18)42-3/h5,7-8,11-13,15,22-23,25,28,36,39-41H,4,6,9-10,14,16H2,1-3H3/b17-11+/t22-,23+,25-,28-/m1/s1. The fourth-order valence-electron chi connectivity index (χ4n) is 6.93. The number of carbonyl (C=O) groups is 2. The molecule has 12 heteroatoms. The van der Waals surface area contributed by atoms with Gasteiger partial charge in [0.05, 0.1) is 34.3 Å². The van der Waals surface area contributed by atoms with Crippen LogP contribution in [0.2, 0.25) is 6.32 Å². The molecule has 2 aliphatic heterocycles. The lowest BCUT2D eigenvalue weighted by atomic mass is 9.58. The molecule has 2 amide bonds. The second kappa shape index (κ2) is 13.2. The average molecular weight is 699 g/mol. The number of amides is 2. The van der Waals surface area contributed by atoms with Crippen LogP contribution in [0.15, 0.2) is 53.1 Å². The maximum atomic E-state index is 13.9. The Bertz CT molecular complexity index is 1480. The van der Waals surface area contributed by atoms with Crippen LogP contribution in [0.25, 0.3) is 6.08 Å². The maximum Gasteiger partial charge on any atom is 0.488 e. The van der Waals surface area contributed by atoms with Crippen molar-refractivity contribution in [1.82, 2.24) is 0 Å². The molecule has 5 rings (SSSR count). The topological polar surface area (TPSA) is 137 Å². The normalized spacial score (nSPS) is 23.9. The van der Waals surface area contributed by atoms with Crippen LogP contribution in [0.1, 0.15) is 51.5 Å². The van der Waals surface area contributed by atoms with Gasteiger partial charge in [0.15, 0.2) is 11.5 Å². The zero-order valence-electron chi connectivity index (χ0n) is 24.5. The fourth-order valence-corrected chi connectivity index (χ4v) is 7.55. The van der Waals surface area contributed by atoms with Crippen LogP contribution < -0.4 is 15.1 Å². The van der Waals surface area contributed by atoms with E-state index in [1.807, 2.05) is 19.1 Å². The van der Waals surface area contributed by atoms with Crippen molar-refractivity contribution >= 4 is 65.9 Å². The van der Waals surface area contributed by atoms with Crippen molar-refractivity contribution in [2.45, 2.75) is 58.4 Å². The monoisotopic (exact) mass is 699 g/mol. The number of methoxy groups -OCH3 is 1. The molecule has 226 valence electrons. The molecule has 2 saturated heterocycles. The maximum absolute atomic E-state index is 13.9. The molecule has 2 heterocycles. The van der Waals surface area contributed by atoms with Gasteiger partial charge in [0.25, 0.3) is 0 Å². The number of ether oxygens (including phenoxy) is 1. The van der Waals surface area contributed by atoms with E-state index < -0.39 is 26.1 Å². The van der Waals surface area contributed by atoms with Crippen molar-refractivity contribution < 1.29 is 39.2 Å². The first-order valence-corrected chi connectivity index (χ1v) is 15.7. The fraction of sp³-hybridized carbons (Fsp3) is 0.419. The number of hydrogen-bond donors (Lipinski definition) is 4. The Morgan fingerprint density at radius 2 is 1.98 bits per heavy atom. The van der Waals surface area contributed by atoms with Crippen LogP contribution in [0, 0.1) is 21.3 Å². The molecule has 0 spiro atoms. The Labute approximate surface area is 266 Å². The summed E-state index contributed by atoms with van der Waals surface area (Å²) >= 11 is 2.07. The first-order chi connectivity index (χ1) is 20.5. The summed E-state index contributed by atoms with van der Waals surface area (Å²) in [5.41, 5.74) is 4.68. The highest BCUT2D eigenvalue weighted by atomic mass is 127. The SMILES string of the molecule is CCCC1=C2[C@@H](CC/C(C)=C/c3cc(I)c(O)c(OC)c3)OB(O)C[C@@H]2[C@@H]2C(=O)N(c3cccc(B(O)O)c3)C(=O)[C@@H]2C1. The summed E-state index contributed by atoms with van der Waals surface area (Å²) in [6.45, 7) is 4.11. The predicted molar refractivity (Wildman–Crippen MR) is 174 cm³/mol. The lowest BCUT2D eigenvalue weighted by Gasteiger charge is -2.43. The molecule has 1 aliphatic carbocycles. The molecule has 2 fully saturated rings. The molecule has 2 aromatic rings. The summed E-state index contributed by atoms with van der Waals surface area (Å²) in [5, 5.41) is 40.3. The predicted octanol–water partition coefficient (Wildman–Crippen LogP) is 3.67. The van der Waals surface area contributed by atoms with Crippen LogP contribution >= 0.6 is 22.6 Å². The molecule has 0 aromatic heterocycles. The number of anilines is 1. The zero-order chi connectivity index (χ0) is 31.0. The molecule has 2 aromatic carbocycles. The largest absolute Gasteiger partial charge is 0.504 e. The smallest absolute Gasteiger partial charge is 0.488 e. The summed E-state index contributed by atoms with van der Waals surface area (Å²) in [6.07, 6.45) is 5.28. The number of nitrogens with zero attached hydrogens (tertiary/aromatic N) is 1.